The molecular formula is C28H46N2O5S. The van der Waals surface area contributed by atoms with E-state index < -0.39 is 34.1 Å². The molecule has 1 spiro atoms. The summed E-state index contributed by atoms with van der Waals surface area (Å²) in [5.74, 6) is -2.52. The Hall–Kier alpha value is -1.54. The quantitative estimate of drug-likeness (QED) is 0.295. The summed E-state index contributed by atoms with van der Waals surface area (Å²) in [6.45, 7) is 17.6. The van der Waals surface area contributed by atoms with E-state index in [2.05, 4.69) is 48.1 Å². The van der Waals surface area contributed by atoms with Crippen LogP contribution < -0.4 is 0 Å². The number of rotatable bonds is 12. The lowest BCUT2D eigenvalue weighted by molar-refractivity contribution is -0.149. The Labute approximate surface area is 221 Å². The van der Waals surface area contributed by atoms with Crippen molar-refractivity contribution in [1.82, 2.24) is 9.80 Å². The SMILES string of the molecule is C=CCN(C(=O)C1N(CCCCCCO)C(=O)[C@@H]2[C@@H](C(=O)O)[C@H]3CC(C)C12S3)C(C)(C)CC(C)(C)C. The zero-order chi connectivity index (χ0) is 27.1. The first kappa shape index (κ1) is 29.0. The number of carbonyl (C=O) groups is 3. The van der Waals surface area contributed by atoms with Gasteiger partial charge in [0.25, 0.3) is 0 Å². The van der Waals surface area contributed by atoms with E-state index in [0.717, 1.165) is 25.7 Å². The van der Waals surface area contributed by atoms with Crippen LogP contribution in [0.25, 0.3) is 0 Å². The molecule has 3 aliphatic heterocycles. The van der Waals surface area contributed by atoms with E-state index in [9.17, 15) is 19.5 Å². The van der Waals surface area contributed by atoms with Gasteiger partial charge in [0, 0.05) is 30.5 Å². The summed E-state index contributed by atoms with van der Waals surface area (Å²) in [5.41, 5.74) is -0.477. The number of amides is 2. The summed E-state index contributed by atoms with van der Waals surface area (Å²) in [4.78, 5) is 44.5. The standard InChI is InChI=1S/C28H46N2O5S/c1-8-13-30(27(6,7)17-26(3,4)5)24(33)22-28-18(2)16-19(36-28)20(25(34)35)21(28)23(32)29(22)14-11-9-10-12-15-31/h8,18-22,31H,1,9-17H2,2-7H3,(H,34,35)/t18?,19-,20+,21+,22?,28?/m1/s1. The molecule has 2 N–H and O–H groups in total. The number of likely N-dealkylation sites (tertiary alicyclic amines) is 1. The molecule has 3 unspecified atom stereocenters. The van der Waals surface area contributed by atoms with Crippen LogP contribution in [0.3, 0.4) is 0 Å². The molecule has 0 aromatic rings. The van der Waals surface area contributed by atoms with Gasteiger partial charge in [-0.1, -0.05) is 46.6 Å². The number of carboxylic acids is 1. The fourth-order valence-electron chi connectivity index (χ4n) is 7.37. The molecule has 3 heterocycles. The minimum atomic E-state index is -0.924. The van der Waals surface area contributed by atoms with Crippen LogP contribution in [0.2, 0.25) is 0 Å². The van der Waals surface area contributed by atoms with Crippen LogP contribution in [-0.2, 0) is 14.4 Å². The van der Waals surface area contributed by atoms with Crippen LogP contribution in [0.15, 0.2) is 12.7 Å². The molecule has 3 aliphatic rings. The smallest absolute Gasteiger partial charge is 0.308 e. The molecule has 3 rings (SSSR count). The van der Waals surface area contributed by atoms with Gasteiger partial charge in [-0.05, 0) is 50.9 Å². The van der Waals surface area contributed by atoms with E-state index in [1.807, 2.05) is 4.90 Å². The molecule has 0 saturated carbocycles. The number of hydrogen-bond acceptors (Lipinski definition) is 5. The highest BCUT2D eigenvalue weighted by atomic mass is 32.2. The minimum Gasteiger partial charge on any atom is -0.481 e. The summed E-state index contributed by atoms with van der Waals surface area (Å²) >= 11 is 1.59. The van der Waals surface area contributed by atoms with Crippen molar-refractivity contribution in [1.29, 1.82) is 0 Å². The van der Waals surface area contributed by atoms with Gasteiger partial charge in [-0.2, -0.15) is 0 Å². The highest BCUT2D eigenvalue weighted by molar-refractivity contribution is 8.02. The Morgan fingerprint density at radius 3 is 2.39 bits per heavy atom. The number of aliphatic carboxylic acids is 1. The Morgan fingerprint density at radius 2 is 1.83 bits per heavy atom. The third kappa shape index (κ3) is 5.09. The number of unbranched alkanes of at least 4 members (excludes halogenated alkanes) is 3. The second-order valence-electron chi connectivity index (χ2n) is 12.8. The van der Waals surface area contributed by atoms with Crippen molar-refractivity contribution in [3.63, 3.8) is 0 Å². The monoisotopic (exact) mass is 522 g/mol. The molecule has 6 atom stereocenters. The first-order valence-electron chi connectivity index (χ1n) is 13.5. The second kappa shape index (κ2) is 10.7. The van der Waals surface area contributed by atoms with Crippen molar-refractivity contribution in [2.75, 3.05) is 19.7 Å². The molecular weight excluding hydrogens is 476 g/mol. The summed E-state index contributed by atoms with van der Waals surface area (Å²) in [7, 11) is 0. The van der Waals surface area contributed by atoms with Gasteiger partial charge in [0.2, 0.25) is 11.8 Å². The molecule has 36 heavy (non-hydrogen) atoms. The fraction of sp³-hybridized carbons (Fsp3) is 0.821. The van der Waals surface area contributed by atoms with Crippen molar-refractivity contribution < 1.29 is 24.6 Å². The Morgan fingerprint density at radius 1 is 1.19 bits per heavy atom. The second-order valence-corrected chi connectivity index (χ2v) is 14.4. The van der Waals surface area contributed by atoms with Gasteiger partial charge in [-0.15, -0.1) is 18.3 Å². The summed E-state index contributed by atoms with van der Waals surface area (Å²) in [6, 6.07) is -0.679. The maximum absolute atomic E-state index is 14.6. The molecule has 0 aromatic heterocycles. The van der Waals surface area contributed by atoms with Gasteiger partial charge < -0.3 is 20.0 Å². The van der Waals surface area contributed by atoms with Gasteiger partial charge in [0.1, 0.15) is 6.04 Å². The number of thioether (sulfide) groups is 1. The zero-order valence-corrected chi connectivity index (χ0v) is 23.8. The number of carboxylic acid groups (broad SMARTS) is 1. The normalized spacial score (nSPS) is 31.6. The van der Waals surface area contributed by atoms with Crippen molar-refractivity contribution in [3.8, 4) is 0 Å². The van der Waals surface area contributed by atoms with E-state index in [1.54, 1.807) is 22.7 Å². The Balaban J connectivity index is 2.03. The van der Waals surface area contributed by atoms with E-state index in [0.29, 0.717) is 25.9 Å². The van der Waals surface area contributed by atoms with Crippen LogP contribution in [0.4, 0.5) is 0 Å². The average Bonchev–Trinajstić information content (AvgIpc) is 3.33. The summed E-state index contributed by atoms with van der Waals surface area (Å²) in [6.07, 6.45) is 6.39. The van der Waals surface area contributed by atoms with Gasteiger partial charge >= 0.3 is 5.97 Å². The number of carbonyl (C=O) groups excluding carboxylic acids is 2. The van der Waals surface area contributed by atoms with Crippen LogP contribution in [-0.4, -0.2) is 79.1 Å². The van der Waals surface area contributed by atoms with Crippen LogP contribution in [0.1, 0.15) is 80.1 Å². The van der Waals surface area contributed by atoms with Gasteiger partial charge in [-0.3, -0.25) is 14.4 Å². The number of aliphatic hydroxyl groups excluding tert-OH is 1. The largest absolute Gasteiger partial charge is 0.481 e. The minimum absolute atomic E-state index is 0.00975. The van der Waals surface area contributed by atoms with Crippen LogP contribution in [0.5, 0.6) is 0 Å². The predicted molar refractivity (Wildman–Crippen MR) is 144 cm³/mol. The third-order valence-electron chi connectivity index (χ3n) is 8.34. The van der Waals surface area contributed by atoms with E-state index >= 15 is 0 Å². The lowest BCUT2D eigenvalue weighted by Crippen LogP contribution is -2.61. The van der Waals surface area contributed by atoms with Crippen LogP contribution in [0, 0.1) is 23.2 Å². The van der Waals surface area contributed by atoms with Crippen molar-refractivity contribution in [2.24, 2.45) is 23.2 Å². The number of fused-ring (bicyclic) bond motifs is 1. The molecule has 7 nitrogen and oxygen atoms in total. The van der Waals surface area contributed by atoms with Gasteiger partial charge in [0.05, 0.1) is 16.6 Å². The highest BCUT2D eigenvalue weighted by Crippen LogP contribution is 2.68. The van der Waals surface area contributed by atoms with Crippen molar-refractivity contribution >= 4 is 29.5 Å². The number of nitrogens with zero attached hydrogens (tertiary/aromatic N) is 2. The summed E-state index contributed by atoms with van der Waals surface area (Å²) < 4.78 is -0.718. The zero-order valence-electron chi connectivity index (χ0n) is 23.0. The first-order valence-corrected chi connectivity index (χ1v) is 14.3. The first-order chi connectivity index (χ1) is 16.7. The lowest BCUT2D eigenvalue weighted by atomic mass is 9.66. The maximum Gasteiger partial charge on any atom is 0.308 e. The molecule has 3 saturated heterocycles. The average molecular weight is 523 g/mol. The molecule has 0 aliphatic carbocycles. The molecule has 204 valence electrons. The number of aliphatic hydroxyl groups is 1. The highest BCUT2D eigenvalue weighted by Gasteiger charge is 2.76. The fourth-order valence-corrected chi connectivity index (χ4v) is 9.78. The van der Waals surface area contributed by atoms with E-state index in [1.165, 1.54) is 0 Å². The van der Waals surface area contributed by atoms with E-state index in [4.69, 9.17) is 5.11 Å². The van der Waals surface area contributed by atoms with Gasteiger partial charge in [0.15, 0.2) is 0 Å². The topological polar surface area (TPSA) is 98.2 Å². The van der Waals surface area contributed by atoms with Crippen molar-refractivity contribution in [3.05, 3.63) is 12.7 Å². The Kier molecular flexibility index (Phi) is 8.61. The molecule has 0 radical (unpaired) electrons. The molecule has 2 amide bonds. The summed E-state index contributed by atoms with van der Waals surface area (Å²) in [5, 5.41) is 19.1. The molecule has 8 heteroatoms. The molecule has 3 fully saturated rings. The van der Waals surface area contributed by atoms with Gasteiger partial charge in [-0.25, -0.2) is 0 Å². The van der Waals surface area contributed by atoms with Crippen molar-refractivity contribution in [2.45, 2.75) is 102 Å². The maximum atomic E-state index is 14.6. The Bertz CT molecular complexity index is 868. The molecule has 0 aromatic carbocycles. The van der Waals surface area contributed by atoms with E-state index in [-0.39, 0.29) is 35.0 Å². The lowest BCUT2D eigenvalue weighted by Gasteiger charge is -2.46. The molecule has 2 bridgehead atoms. The third-order valence-corrected chi connectivity index (χ3v) is 10.4. The van der Waals surface area contributed by atoms with Crippen LogP contribution >= 0.6 is 11.8 Å². The number of hydrogen-bond donors (Lipinski definition) is 2. The predicted octanol–water partition coefficient (Wildman–Crippen LogP) is 4.19.